The monoisotopic (exact) mass is 294 g/mol. The molecule has 0 aromatic rings. The van der Waals surface area contributed by atoms with Gasteiger partial charge in [-0.2, -0.15) is 0 Å². The second kappa shape index (κ2) is 5.27. The number of hydrogen-bond acceptors (Lipinski definition) is 3. The second-order valence-electron chi connectivity index (χ2n) is 0.346. The second-order valence-corrected chi connectivity index (χ2v) is 0.346. The summed E-state index contributed by atoms with van der Waals surface area (Å²) in [6, 6.07) is 0. The molecule has 0 radical (unpaired) electrons. The molecular weight excluding hydrogens is 291 g/mol. The summed E-state index contributed by atoms with van der Waals surface area (Å²) in [5.74, 6) is 0. The third-order valence-corrected chi connectivity index (χ3v) is 0. The minimum atomic E-state index is -2.17. The normalized spacial score (nSPS) is 5.40. The van der Waals surface area contributed by atoms with Crippen LogP contribution < -0.4 is 0 Å². The predicted octanol–water partition coefficient (Wildman–Crippen LogP) is -2.05. The van der Waals surface area contributed by atoms with E-state index in [9.17, 15) is 0 Å². The first-order valence-corrected chi connectivity index (χ1v) is 0.775. The van der Waals surface area contributed by atoms with Crippen molar-refractivity contribution in [1.29, 1.82) is 0 Å². The molecule has 0 amide bonds. The van der Waals surface area contributed by atoms with Crippen LogP contribution in [0.2, 0.25) is 0 Å². The summed E-state index contributed by atoms with van der Waals surface area (Å²) in [7, 11) is -2.17. The Labute approximate surface area is 61.9 Å². The van der Waals surface area contributed by atoms with Crippen LogP contribution in [0, 0.1) is 39.9 Å². The maximum Gasteiger partial charge on any atom is 0.631 e. The molecule has 0 aliphatic carbocycles. The summed E-state index contributed by atoms with van der Waals surface area (Å²) < 4.78 is 0. The van der Waals surface area contributed by atoms with Gasteiger partial charge in [-0.15, -0.1) is 0 Å². The fourth-order valence-corrected chi connectivity index (χ4v) is 0. The average molecular weight is 294 g/mol. The fourth-order valence-electron chi connectivity index (χ4n) is 0. The fraction of sp³-hybridized carbons (Fsp3) is 0. The summed E-state index contributed by atoms with van der Waals surface area (Å²) in [6.07, 6.45) is 0. The Morgan fingerprint density at radius 3 is 1.00 bits per heavy atom. The Morgan fingerprint density at radius 2 is 1.00 bits per heavy atom. The van der Waals surface area contributed by atoms with Crippen molar-refractivity contribution >= 4 is 7.32 Å². The Hall–Kier alpha value is 1.27. The molecule has 0 fully saturated rings. The Bertz CT molecular complexity index is 11.6. The zero-order valence-corrected chi connectivity index (χ0v) is 6.53. The third-order valence-electron chi connectivity index (χ3n) is 0. The topological polar surface area (TPSA) is 60.7 Å². The van der Waals surface area contributed by atoms with Gasteiger partial charge >= 0.3 is 7.32 Å². The van der Waals surface area contributed by atoms with Gasteiger partial charge < -0.3 is 15.1 Å². The molecule has 5 heavy (non-hydrogen) atoms. The first-order chi connectivity index (χ1) is 1.73. The van der Waals surface area contributed by atoms with Crippen LogP contribution in [-0.4, -0.2) is 22.4 Å². The van der Waals surface area contributed by atoms with Gasteiger partial charge in [0, 0.05) is 39.9 Å². The molecule has 0 saturated carbocycles. The molecule has 3 N–H and O–H groups in total. The largest absolute Gasteiger partial charge is 0.631 e. The van der Waals surface area contributed by atoms with Crippen LogP contribution in [0.15, 0.2) is 0 Å². The van der Waals surface area contributed by atoms with Crippen molar-refractivity contribution in [2.45, 2.75) is 0 Å². The molecule has 28 valence electrons. The summed E-state index contributed by atoms with van der Waals surface area (Å²) >= 11 is 0. The van der Waals surface area contributed by atoms with Gasteiger partial charge in [-0.05, 0) is 0 Å². The Balaban J connectivity index is 0. The summed E-state index contributed by atoms with van der Waals surface area (Å²) in [6.45, 7) is 0. The SMILES string of the molecule is OB(O)O.[Th]. The van der Waals surface area contributed by atoms with E-state index in [1.54, 1.807) is 0 Å². The minimum absolute atomic E-state index is 0. The summed E-state index contributed by atoms with van der Waals surface area (Å²) in [4.78, 5) is 0. The van der Waals surface area contributed by atoms with Crippen LogP contribution in [0.5, 0.6) is 0 Å². The van der Waals surface area contributed by atoms with Gasteiger partial charge in [0.25, 0.3) is 0 Å². The molecule has 0 atom stereocenters. The molecule has 0 aliphatic heterocycles. The van der Waals surface area contributed by atoms with Crippen molar-refractivity contribution in [3.05, 3.63) is 0 Å². The molecule has 0 rings (SSSR count). The zero-order chi connectivity index (χ0) is 3.58. The van der Waals surface area contributed by atoms with Crippen molar-refractivity contribution in [2.24, 2.45) is 0 Å². The zero-order valence-electron chi connectivity index (χ0n) is 2.42. The van der Waals surface area contributed by atoms with Gasteiger partial charge in [0.05, 0.1) is 0 Å². The first-order valence-electron chi connectivity index (χ1n) is 0.775. The molecule has 0 aromatic heterocycles. The quantitative estimate of drug-likeness (QED) is 0.451. The summed E-state index contributed by atoms with van der Waals surface area (Å²) in [5.41, 5.74) is 0. The van der Waals surface area contributed by atoms with Crippen molar-refractivity contribution in [1.82, 2.24) is 0 Å². The first kappa shape index (κ1) is 9.55. The van der Waals surface area contributed by atoms with Crippen LogP contribution in [0.25, 0.3) is 0 Å². The molecular formula is H3BO3Th. The summed E-state index contributed by atoms with van der Waals surface area (Å²) in [5, 5.41) is 21.5. The van der Waals surface area contributed by atoms with Gasteiger partial charge in [-0.3, -0.25) is 0 Å². The van der Waals surface area contributed by atoms with E-state index in [1.165, 1.54) is 0 Å². The van der Waals surface area contributed by atoms with Crippen molar-refractivity contribution in [3.8, 4) is 0 Å². The van der Waals surface area contributed by atoms with E-state index >= 15 is 0 Å². The standard InChI is InChI=1S/BH3O3.Th/c2-1(3)4;/h2-4H;. The van der Waals surface area contributed by atoms with Gasteiger partial charge in [0.2, 0.25) is 0 Å². The van der Waals surface area contributed by atoms with Crippen molar-refractivity contribution in [2.75, 3.05) is 0 Å². The Morgan fingerprint density at radius 1 is 1.00 bits per heavy atom. The van der Waals surface area contributed by atoms with Crippen LogP contribution in [0.4, 0.5) is 0 Å². The van der Waals surface area contributed by atoms with Gasteiger partial charge in [-0.1, -0.05) is 0 Å². The Kier molecular flexibility index (Phi) is 10.1. The van der Waals surface area contributed by atoms with Gasteiger partial charge in [-0.25, -0.2) is 0 Å². The maximum absolute atomic E-state index is 7.17. The van der Waals surface area contributed by atoms with Crippen LogP contribution >= 0.6 is 0 Å². The molecule has 0 bridgehead atoms. The van der Waals surface area contributed by atoms with E-state index in [2.05, 4.69) is 0 Å². The van der Waals surface area contributed by atoms with Crippen LogP contribution in [0.1, 0.15) is 0 Å². The number of rotatable bonds is 0. The van der Waals surface area contributed by atoms with E-state index in [-0.39, 0.29) is 39.9 Å². The van der Waals surface area contributed by atoms with Crippen molar-refractivity contribution in [3.63, 3.8) is 0 Å². The molecule has 0 spiro atoms. The van der Waals surface area contributed by atoms with Gasteiger partial charge in [0.15, 0.2) is 0 Å². The molecule has 0 heterocycles. The molecule has 5 heteroatoms. The average Bonchev–Trinajstić information content (AvgIpc) is 0.811. The van der Waals surface area contributed by atoms with Gasteiger partial charge in [0.1, 0.15) is 0 Å². The predicted molar refractivity (Wildman–Crippen MR) is 12.4 cm³/mol. The van der Waals surface area contributed by atoms with Crippen LogP contribution in [0.3, 0.4) is 0 Å². The molecule has 0 aliphatic rings. The maximum atomic E-state index is 7.17. The smallest absolute Gasteiger partial charge is 0.402 e. The minimum Gasteiger partial charge on any atom is -0.402 e. The third kappa shape index (κ3) is 34.9. The van der Waals surface area contributed by atoms with E-state index < -0.39 is 7.32 Å². The van der Waals surface area contributed by atoms with E-state index in [0.717, 1.165) is 0 Å². The van der Waals surface area contributed by atoms with E-state index in [0.29, 0.717) is 0 Å². The molecule has 3 nitrogen and oxygen atoms in total. The van der Waals surface area contributed by atoms with Crippen molar-refractivity contribution < 1.29 is 55.0 Å². The number of hydrogen-bond donors (Lipinski definition) is 3. The molecule has 0 saturated heterocycles. The molecule has 0 unspecified atom stereocenters. The van der Waals surface area contributed by atoms with E-state index in [1.807, 2.05) is 0 Å². The molecule has 0 aromatic carbocycles. The van der Waals surface area contributed by atoms with Crippen LogP contribution in [-0.2, 0) is 0 Å². The van der Waals surface area contributed by atoms with E-state index in [4.69, 9.17) is 15.1 Å².